The molecule has 0 N–H and O–H groups in total. The topological polar surface area (TPSA) is 6.48 Å². The smallest absolute Gasteiger partial charge is 0.116 e. The van der Waals surface area contributed by atoms with Crippen LogP contribution in [-0.4, -0.2) is 53.7 Å². The van der Waals surface area contributed by atoms with Gasteiger partial charge in [-0.25, -0.2) is 4.39 Å². The summed E-state index contributed by atoms with van der Waals surface area (Å²) < 4.78 is 14.6. The second-order valence-corrected chi connectivity index (χ2v) is 9.16. The van der Waals surface area contributed by atoms with E-state index in [1.807, 2.05) is 0 Å². The third-order valence-corrected chi connectivity index (χ3v) is 5.61. The number of hydrogen-bond donors (Lipinski definition) is 0. The molecule has 3 heteroatoms. The average Bonchev–Trinajstić information content (AvgIpc) is 2.36. The molecule has 124 valence electrons. The van der Waals surface area contributed by atoms with E-state index in [0.717, 1.165) is 26.1 Å². The maximum Gasteiger partial charge on any atom is 0.116 e. The average molecular weight is 298 g/mol. The molecule has 2 aliphatic heterocycles. The first-order valence-corrected chi connectivity index (χ1v) is 8.72. The van der Waals surface area contributed by atoms with Crippen molar-refractivity contribution < 1.29 is 4.39 Å². The Kier molecular flexibility index (Phi) is 5.04. The fourth-order valence-corrected chi connectivity index (χ4v) is 4.14. The van der Waals surface area contributed by atoms with Gasteiger partial charge in [0.05, 0.1) is 0 Å². The van der Waals surface area contributed by atoms with Crippen LogP contribution in [-0.2, 0) is 0 Å². The molecule has 2 fully saturated rings. The van der Waals surface area contributed by atoms with E-state index in [2.05, 4.69) is 51.3 Å². The molecule has 21 heavy (non-hydrogen) atoms. The summed E-state index contributed by atoms with van der Waals surface area (Å²) in [5.41, 5.74) is 0.369. The van der Waals surface area contributed by atoms with E-state index >= 15 is 0 Å². The van der Waals surface area contributed by atoms with Crippen LogP contribution >= 0.6 is 0 Å². The van der Waals surface area contributed by atoms with Gasteiger partial charge < -0.3 is 0 Å². The Balaban J connectivity index is 1.86. The highest BCUT2D eigenvalue weighted by molar-refractivity contribution is 4.92. The lowest BCUT2D eigenvalue weighted by atomic mass is 9.74. The molecular weight excluding hydrogens is 263 g/mol. The Morgan fingerprint density at radius 1 is 0.857 bits per heavy atom. The number of likely N-dealkylation sites (tertiary alicyclic amines) is 2. The van der Waals surface area contributed by atoms with E-state index in [0.29, 0.717) is 12.6 Å². The summed E-state index contributed by atoms with van der Waals surface area (Å²) >= 11 is 0. The first-order valence-electron chi connectivity index (χ1n) is 8.72. The normalized spacial score (nSPS) is 31.6. The van der Waals surface area contributed by atoms with Gasteiger partial charge in [-0.2, -0.15) is 0 Å². The Morgan fingerprint density at radius 3 is 1.86 bits per heavy atom. The predicted molar refractivity (Wildman–Crippen MR) is 88.4 cm³/mol. The molecule has 0 aliphatic carbocycles. The molecule has 0 amide bonds. The van der Waals surface area contributed by atoms with E-state index in [1.165, 1.54) is 12.8 Å². The second kappa shape index (κ2) is 6.16. The minimum atomic E-state index is -0.653. The van der Waals surface area contributed by atoms with Crippen LogP contribution < -0.4 is 0 Å². The Morgan fingerprint density at radius 2 is 1.43 bits per heavy atom. The minimum Gasteiger partial charge on any atom is -0.298 e. The van der Waals surface area contributed by atoms with Gasteiger partial charge >= 0.3 is 0 Å². The molecule has 2 atom stereocenters. The van der Waals surface area contributed by atoms with Gasteiger partial charge in [0, 0.05) is 31.2 Å². The van der Waals surface area contributed by atoms with Crippen molar-refractivity contribution in [1.29, 1.82) is 0 Å². The van der Waals surface area contributed by atoms with Crippen LogP contribution in [0.4, 0.5) is 4.39 Å². The van der Waals surface area contributed by atoms with E-state index in [-0.39, 0.29) is 16.9 Å². The minimum absolute atomic E-state index is 0.0983. The van der Waals surface area contributed by atoms with Crippen LogP contribution in [0.3, 0.4) is 0 Å². The molecule has 2 aliphatic rings. The van der Waals surface area contributed by atoms with Gasteiger partial charge in [0.2, 0.25) is 0 Å². The van der Waals surface area contributed by atoms with Crippen molar-refractivity contribution in [2.45, 2.75) is 78.6 Å². The fourth-order valence-electron chi connectivity index (χ4n) is 4.14. The summed E-state index contributed by atoms with van der Waals surface area (Å²) in [5.74, 6) is 0.225. The molecule has 2 unspecified atom stereocenters. The van der Waals surface area contributed by atoms with Crippen molar-refractivity contribution in [3.05, 3.63) is 0 Å². The van der Waals surface area contributed by atoms with Gasteiger partial charge in [-0.1, -0.05) is 20.8 Å². The summed E-state index contributed by atoms with van der Waals surface area (Å²) in [6, 6.07) is 0.600. The first kappa shape index (κ1) is 17.2. The lowest BCUT2D eigenvalue weighted by Crippen LogP contribution is -2.55. The van der Waals surface area contributed by atoms with E-state index in [1.54, 1.807) is 0 Å². The molecule has 0 aromatic heterocycles. The molecule has 0 aromatic rings. The van der Waals surface area contributed by atoms with Gasteiger partial charge in [0.1, 0.15) is 6.17 Å². The van der Waals surface area contributed by atoms with Crippen LogP contribution in [0.5, 0.6) is 0 Å². The Labute approximate surface area is 131 Å². The van der Waals surface area contributed by atoms with E-state index in [4.69, 9.17) is 0 Å². The second-order valence-electron chi connectivity index (χ2n) is 9.16. The van der Waals surface area contributed by atoms with Crippen LogP contribution in [0.2, 0.25) is 0 Å². The molecule has 0 aromatic carbocycles. The summed E-state index contributed by atoms with van der Waals surface area (Å²) in [7, 11) is 0. The summed E-state index contributed by atoms with van der Waals surface area (Å²) in [6.45, 7) is 17.5. The third kappa shape index (κ3) is 4.19. The van der Waals surface area contributed by atoms with Crippen LogP contribution in [0.1, 0.15) is 60.8 Å². The number of rotatable bonds is 1. The zero-order valence-electron chi connectivity index (χ0n) is 15.0. The molecular formula is C18H35FN2. The van der Waals surface area contributed by atoms with Gasteiger partial charge in [-0.05, 0) is 57.9 Å². The zero-order valence-corrected chi connectivity index (χ0v) is 15.0. The highest BCUT2D eigenvalue weighted by Crippen LogP contribution is 2.37. The molecule has 0 radical (unpaired) electrons. The monoisotopic (exact) mass is 298 g/mol. The SMILES string of the molecule is CC(C)(C)C1CCN(C2CCN(C(C)(C)C)CC2)CC1F. The van der Waals surface area contributed by atoms with Crippen LogP contribution in [0, 0.1) is 11.3 Å². The van der Waals surface area contributed by atoms with E-state index < -0.39 is 6.17 Å². The lowest BCUT2D eigenvalue weighted by Gasteiger charge is -2.47. The van der Waals surface area contributed by atoms with Crippen molar-refractivity contribution in [2.24, 2.45) is 11.3 Å². The fraction of sp³-hybridized carbons (Fsp3) is 1.00. The molecule has 0 spiro atoms. The number of hydrogen-bond acceptors (Lipinski definition) is 2. The predicted octanol–water partition coefficient (Wildman–Crippen LogP) is 3.96. The lowest BCUT2D eigenvalue weighted by molar-refractivity contribution is -0.0136. The largest absolute Gasteiger partial charge is 0.298 e. The van der Waals surface area contributed by atoms with Crippen molar-refractivity contribution >= 4 is 0 Å². The molecule has 0 saturated carbocycles. The molecule has 0 bridgehead atoms. The summed E-state index contributed by atoms with van der Waals surface area (Å²) in [5, 5.41) is 0. The van der Waals surface area contributed by atoms with Gasteiger partial charge in [-0.15, -0.1) is 0 Å². The van der Waals surface area contributed by atoms with Crippen molar-refractivity contribution in [3.63, 3.8) is 0 Å². The Hall–Kier alpha value is -0.150. The van der Waals surface area contributed by atoms with Crippen molar-refractivity contribution in [2.75, 3.05) is 26.2 Å². The highest BCUT2D eigenvalue weighted by Gasteiger charge is 2.39. The van der Waals surface area contributed by atoms with Crippen molar-refractivity contribution in [3.8, 4) is 0 Å². The molecule has 2 rings (SSSR count). The standard InChI is InChI=1S/C18H35FN2/c1-17(2,3)15-9-10-20(13-16(15)19)14-7-11-21(12-8-14)18(4,5)6/h14-16H,7-13H2,1-6H3. The molecule has 2 heterocycles. The number of alkyl halides is 1. The number of nitrogens with zero attached hydrogens (tertiary/aromatic N) is 2. The molecule has 2 saturated heterocycles. The van der Waals surface area contributed by atoms with Crippen LogP contribution in [0.25, 0.3) is 0 Å². The van der Waals surface area contributed by atoms with Crippen LogP contribution in [0.15, 0.2) is 0 Å². The summed E-state index contributed by atoms with van der Waals surface area (Å²) in [6.07, 6.45) is 2.76. The summed E-state index contributed by atoms with van der Waals surface area (Å²) in [4.78, 5) is 5.01. The van der Waals surface area contributed by atoms with Gasteiger partial charge in [0.25, 0.3) is 0 Å². The highest BCUT2D eigenvalue weighted by atomic mass is 19.1. The van der Waals surface area contributed by atoms with Gasteiger partial charge in [0.15, 0.2) is 0 Å². The Bertz CT molecular complexity index is 334. The number of halogens is 1. The quantitative estimate of drug-likeness (QED) is 0.723. The molecule has 2 nitrogen and oxygen atoms in total. The van der Waals surface area contributed by atoms with E-state index in [9.17, 15) is 4.39 Å². The maximum atomic E-state index is 14.6. The maximum absolute atomic E-state index is 14.6. The van der Waals surface area contributed by atoms with Gasteiger partial charge in [-0.3, -0.25) is 9.80 Å². The number of piperidine rings is 2. The first-order chi connectivity index (χ1) is 9.59. The van der Waals surface area contributed by atoms with Crippen molar-refractivity contribution in [1.82, 2.24) is 9.80 Å². The third-order valence-electron chi connectivity index (χ3n) is 5.61. The zero-order chi connectivity index (χ0) is 15.8.